The molecule has 1 amide bonds. The van der Waals surface area contributed by atoms with Gasteiger partial charge in [-0.05, 0) is 42.5 Å². The van der Waals surface area contributed by atoms with Crippen molar-refractivity contribution in [3.63, 3.8) is 0 Å². The highest BCUT2D eigenvalue weighted by atomic mass is 35.5. The van der Waals surface area contributed by atoms with E-state index in [4.69, 9.17) is 11.6 Å². The molecule has 4 aromatic rings. The molecule has 0 aliphatic carbocycles. The Hall–Kier alpha value is -3.65. The van der Waals surface area contributed by atoms with Crippen LogP contribution >= 0.6 is 11.6 Å². The summed E-state index contributed by atoms with van der Waals surface area (Å²) in [4.78, 5) is 16.4. The molecule has 1 aliphatic heterocycles. The molecule has 0 saturated heterocycles. The average Bonchev–Trinajstić information content (AvgIpc) is 3.36. The van der Waals surface area contributed by atoms with Crippen LogP contribution < -0.4 is 5.32 Å². The molecule has 31 heavy (non-hydrogen) atoms. The molecule has 0 saturated carbocycles. The van der Waals surface area contributed by atoms with Gasteiger partial charge in [-0.1, -0.05) is 17.7 Å². The van der Waals surface area contributed by atoms with Crippen molar-refractivity contribution in [3.05, 3.63) is 88.3 Å². The van der Waals surface area contributed by atoms with Crippen LogP contribution in [0.5, 0.6) is 0 Å². The number of pyridine rings is 1. The number of carbonyl (C=O) groups excluding carboxylic acids is 1. The fraction of sp³-hybridized carbons (Fsp3) is 0.0455. The Morgan fingerprint density at radius 1 is 1.00 bits per heavy atom. The molecule has 0 fully saturated rings. The van der Waals surface area contributed by atoms with Crippen molar-refractivity contribution in [1.82, 2.24) is 20.1 Å². The average molecular weight is 441 g/mol. The van der Waals surface area contributed by atoms with Crippen molar-refractivity contribution >= 4 is 17.5 Å². The first-order valence-electron chi connectivity index (χ1n) is 9.20. The van der Waals surface area contributed by atoms with Crippen LogP contribution in [-0.4, -0.2) is 20.7 Å². The highest BCUT2D eigenvalue weighted by Crippen LogP contribution is 2.34. The minimum absolute atomic E-state index is 0.0408. The Balaban J connectivity index is 1.76. The number of hydrogen-bond acceptors (Lipinski definition) is 3. The Morgan fingerprint density at radius 3 is 2.65 bits per heavy atom. The lowest BCUT2D eigenvalue weighted by atomic mass is 10.1. The number of carbonyl (C=O) groups is 1. The number of benzene rings is 2. The smallest absolute Gasteiger partial charge is 0.252 e. The Bertz CT molecular complexity index is 1370. The third-order valence-corrected chi connectivity index (χ3v) is 5.34. The molecule has 0 unspecified atom stereocenters. The lowest BCUT2D eigenvalue weighted by molar-refractivity contribution is 0.0965. The first kappa shape index (κ1) is 19.3. The van der Waals surface area contributed by atoms with Gasteiger partial charge in [-0.25, -0.2) is 17.9 Å². The molecule has 2 aromatic carbocycles. The summed E-state index contributed by atoms with van der Waals surface area (Å²) in [5.41, 5.74) is 2.42. The van der Waals surface area contributed by atoms with Crippen LogP contribution in [0.15, 0.2) is 54.7 Å². The van der Waals surface area contributed by atoms with Crippen LogP contribution in [0.1, 0.15) is 15.9 Å². The van der Waals surface area contributed by atoms with E-state index in [2.05, 4.69) is 15.4 Å². The van der Waals surface area contributed by atoms with Crippen LogP contribution in [-0.2, 0) is 6.54 Å². The van der Waals surface area contributed by atoms with Crippen LogP contribution in [0.2, 0.25) is 5.02 Å². The van der Waals surface area contributed by atoms with Crippen LogP contribution in [0.25, 0.3) is 28.3 Å². The van der Waals surface area contributed by atoms with Gasteiger partial charge in [0.15, 0.2) is 11.6 Å². The molecule has 154 valence electrons. The molecular formula is C22H12ClF3N4O. The van der Waals surface area contributed by atoms with Gasteiger partial charge in [0.2, 0.25) is 0 Å². The van der Waals surface area contributed by atoms with E-state index in [0.717, 1.165) is 12.1 Å². The molecule has 1 N–H and O–H groups in total. The predicted octanol–water partition coefficient (Wildman–Crippen LogP) is 4.92. The van der Waals surface area contributed by atoms with Gasteiger partial charge < -0.3 is 5.32 Å². The lowest BCUT2D eigenvalue weighted by Crippen LogP contribution is -2.12. The van der Waals surface area contributed by atoms with Crippen molar-refractivity contribution in [2.24, 2.45) is 0 Å². The molecule has 5 nitrogen and oxygen atoms in total. The van der Waals surface area contributed by atoms with Crippen molar-refractivity contribution in [1.29, 1.82) is 0 Å². The molecular weight excluding hydrogens is 429 g/mol. The van der Waals surface area contributed by atoms with Crippen LogP contribution in [0.3, 0.4) is 0 Å². The minimum atomic E-state index is -1.05. The van der Waals surface area contributed by atoms with E-state index < -0.39 is 17.5 Å². The first-order valence-corrected chi connectivity index (χ1v) is 9.58. The highest BCUT2D eigenvalue weighted by Gasteiger charge is 2.26. The second-order valence-corrected chi connectivity index (χ2v) is 7.30. The summed E-state index contributed by atoms with van der Waals surface area (Å²) in [7, 11) is 0. The molecule has 9 heteroatoms. The zero-order chi connectivity index (χ0) is 21.7. The zero-order valence-electron chi connectivity index (χ0n) is 15.7. The number of hydrogen-bond donors (Lipinski definition) is 1. The zero-order valence-corrected chi connectivity index (χ0v) is 16.4. The summed E-state index contributed by atoms with van der Waals surface area (Å²) in [5.74, 6) is -2.91. The van der Waals surface area contributed by atoms with E-state index in [9.17, 15) is 18.0 Å². The third kappa shape index (κ3) is 3.16. The van der Waals surface area contributed by atoms with E-state index in [1.54, 1.807) is 12.1 Å². The quantitative estimate of drug-likeness (QED) is 0.492. The van der Waals surface area contributed by atoms with Crippen molar-refractivity contribution in [3.8, 4) is 28.3 Å². The maximum absolute atomic E-state index is 14.6. The van der Waals surface area contributed by atoms with Gasteiger partial charge >= 0.3 is 0 Å². The number of halogens is 4. The third-order valence-electron chi connectivity index (χ3n) is 5.05. The molecule has 0 radical (unpaired) electrons. The molecule has 2 aromatic heterocycles. The van der Waals surface area contributed by atoms with E-state index in [-0.39, 0.29) is 28.7 Å². The largest absolute Gasteiger partial charge is 0.348 e. The van der Waals surface area contributed by atoms with Crippen molar-refractivity contribution < 1.29 is 18.0 Å². The number of fused-ring (bicyclic) bond motifs is 1. The molecule has 1 aliphatic rings. The van der Waals surface area contributed by atoms with Gasteiger partial charge in [-0.15, -0.1) is 0 Å². The second kappa shape index (κ2) is 7.24. The maximum Gasteiger partial charge on any atom is 0.252 e. The van der Waals surface area contributed by atoms with E-state index >= 15 is 0 Å². The normalized spacial score (nSPS) is 12.7. The Morgan fingerprint density at radius 2 is 1.84 bits per heavy atom. The number of aromatic nitrogens is 3. The molecule has 0 atom stereocenters. The number of amides is 1. The van der Waals surface area contributed by atoms with Gasteiger partial charge in [-0.3, -0.25) is 9.78 Å². The van der Waals surface area contributed by atoms with Crippen molar-refractivity contribution in [2.45, 2.75) is 6.54 Å². The Labute approximate surface area is 179 Å². The SMILES string of the molecule is O=C1NCc2c1ccnc2-c1cc(-c2cccc(F)c2F)n(-c2ccc(F)c(Cl)c2)n1. The van der Waals surface area contributed by atoms with Gasteiger partial charge in [0, 0.05) is 29.4 Å². The summed E-state index contributed by atoms with van der Waals surface area (Å²) < 4.78 is 43.6. The maximum atomic E-state index is 14.6. The van der Waals surface area contributed by atoms with E-state index in [1.165, 1.54) is 35.1 Å². The first-order chi connectivity index (χ1) is 14.9. The number of nitrogens with zero attached hydrogens (tertiary/aromatic N) is 3. The van der Waals surface area contributed by atoms with Gasteiger partial charge in [-0.2, -0.15) is 5.10 Å². The van der Waals surface area contributed by atoms with Crippen LogP contribution in [0, 0.1) is 17.5 Å². The van der Waals surface area contributed by atoms with Crippen molar-refractivity contribution in [2.75, 3.05) is 0 Å². The lowest BCUT2D eigenvalue weighted by Gasteiger charge is -2.09. The summed E-state index contributed by atoms with van der Waals surface area (Å²) >= 11 is 5.93. The predicted molar refractivity (Wildman–Crippen MR) is 108 cm³/mol. The van der Waals surface area contributed by atoms with Crippen LogP contribution in [0.4, 0.5) is 13.2 Å². The number of nitrogens with one attached hydrogen (secondary N) is 1. The molecule has 0 spiro atoms. The van der Waals surface area contributed by atoms with E-state index in [1.807, 2.05) is 0 Å². The molecule has 0 bridgehead atoms. The van der Waals surface area contributed by atoms with Gasteiger partial charge in [0.1, 0.15) is 11.5 Å². The Kier molecular flexibility index (Phi) is 4.51. The van der Waals surface area contributed by atoms with Gasteiger partial charge in [0.25, 0.3) is 5.91 Å². The highest BCUT2D eigenvalue weighted by molar-refractivity contribution is 6.30. The summed E-state index contributed by atoms with van der Waals surface area (Å²) in [6.45, 7) is 0.274. The monoisotopic (exact) mass is 440 g/mol. The minimum Gasteiger partial charge on any atom is -0.348 e. The number of rotatable bonds is 3. The summed E-state index contributed by atoms with van der Waals surface area (Å²) in [5, 5.41) is 7.10. The fourth-order valence-electron chi connectivity index (χ4n) is 3.57. The molecule has 3 heterocycles. The van der Waals surface area contributed by atoms with E-state index in [0.29, 0.717) is 28.2 Å². The molecule has 5 rings (SSSR count). The standard InChI is InChI=1S/C22H12ClF3N4O/c23-15-8-11(4-5-16(15)24)30-19(13-2-1-3-17(25)20(13)26)9-18(29-30)21-14-10-28-22(31)12(14)6-7-27-21/h1-9H,10H2,(H,28,31). The second-order valence-electron chi connectivity index (χ2n) is 6.89. The fourth-order valence-corrected chi connectivity index (χ4v) is 3.75. The topological polar surface area (TPSA) is 59.8 Å². The summed E-state index contributed by atoms with van der Waals surface area (Å²) in [6, 6.07) is 10.9. The summed E-state index contributed by atoms with van der Waals surface area (Å²) in [6.07, 6.45) is 1.48. The van der Waals surface area contributed by atoms with Gasteiger partial charge in [0.05, 0.1) is 22.1 Å².